The number of aliphatic hydroxyl groups is 3. The van der Waals surface area contributed by atoms with E-state index in [9.17, 15) is 24.9 Å². The molecule has 0 fully saturated rings. The molecule has 0 aliphatic rings. The van der Waals surface area contributed by atoms with Crippen molar-refractivity contribution in [2.75, 3.05) is 13.2 Å². The number of hydrogen-bond donors (Lipinski definition) is 3. The van der Waals surface area contributed by atoms with Gasteiger partial charge in [0.25, 0.3) is 0 Å². The zero-order valence-corrected chi connectivity index (χ0v) is 20.4. The smallest absolute Gasteiger partial charge is 0.308 e. The summed E-state index contributed by atoms with van der Waals surface area (Å²) in [7, 11) is 0. The third-order valence-electron chi connectivity index (χ3n) is 5.53. The van der Waals surface area contributed by atoms with Crippen molar-refractivity contribution >= 4 is 11.9 Å². The Morgan fingerprint density at radius 1 is 0.625 bits per heavy atom. The van der Waals surface area contributed by atoms with Crippen molar-refractivity contribution in [2.45, 2.75) is 135 Å². The highest BCUT2D eigenvalue weighted by atomic mass is 16.6. The van der Waals surface area contributed by atoms with E-state index in [1.165, 1.54) is 64.7 Å². The number of hydrogen-bond acceptors (Lipinski definition) is 7. The van der Waals surface area contributed by atoms with Crippen LogP contribution in [-0.2, 0) is 19.1 Å². The Kier molecular flexibility index (Phi) is 20.9. The van der Waals surface area contributed by atoms with Crippen molar-refractivity contribution in [2.24, 2.45) is 0 Å². The molecule has 0 heterocycles. The van der Waals surface area contributed by atoms with E-state index in [2.05, 4.69) is 11.7 Å². The van der Waals surface area contributed by atoms with Crippen LogP contribution in [0.1, 0.15) is 117 Å². The number of aliphatic hydroxyl groups excluding tert-OH is 3. The standard InChI is InChI=1S/C25H48O7/c1-3-4-5-6-7-8-9-10-11-12-15-22(27)16-13-14-17-23(28)18-25(30)32-20-24(29)19-31-21(2)26/h22-24,27-29H,3-20H2,1-2H3/t22-,23-,24?/m1/s1. The van der Waals surface area contributed by atoms with Gasteiger partial charge in [-0.25, -0.2) is 0 Å². The predicted octanol–water partition coefficient (Wildman–Crippen LogP) is 4.44. The molecule has 0 aromatic rings. The average Bonchev–Trinajstić information content (AvgIpc) is 2.75. The van der Waals surface area contributed by atoms with Gasteiger partial charge in [-0.15, -0.1) is 0 Å². The number of esters is 2. The van der Waals surface area contributed by atoms with Crippen LogP contribution < -0.4 is 0 Å². The zero-order valence-electron chi connectivity index (χ0n) is 20.4. The maximum atomic E-state index is 11.7. The van der Waals surface area contributed by atoms with Gasteiger partial charge in [0, 0.05) is 6.92 Å². The van der Waals surface area contributed by atoms with Crippen LogP contribution in [0, 0.1) is 0 Å². The Labute approximate surface area is 194 Å². The van der Waals surface area contributed by atoms with Crippen LogP contribution in [0.25, 0.3) is 0 Å². The second-order valence-corrected chi connectivity index (χ2v) is 8.91. The molecule has 7 nitrogen and oxygen atoms in total. The maximum absolute atomic E-state index is 11.7. The van der Waals surface area contributed by atoms with E-state index in [1.54, 1.807) is 0 Å². The van der Waals surface area contributed by atoms with Crippen molar-refractivity contribution < 1.29 is 34.4 Å². The van der Waals surface area contributed by atoms with Gasteiger partial charge in [0.05, 0.1) is 18.6 Å². The molecular weight excluding hydrogens is 412 g/mol. The summed E-state index contributed by atoms with van der Waals surface area (Å²) in [5, 5.41) is 29.5. The van der Waals surface area contributed by atoms with E-state index in [1.807, 2.05) is 0 Å². The lowest BCUT2D eigenvalue weighted by Crippen LogP contribution is -2.26. The molecule has 0 saturated carbocycles. The average molecular weight is 461 g/mol. The molecule has 32 heavy (non-hydrogen) atoms. The van der Waals surface area contributed by atoms with Gasteiger partial charge in [-0.2, -0.15) is 0 Å². The van der Waals surface area contributed by atoms with Gasteiger partial charge in [0.1, 0.15) is 19.3 Å². The van der Waals surface area contributed by atoms with Crippen molar-refractivity contribution in [1.82, 2.24) is 0 Å². The molecule has 7 heteroatoms. The molecule has 0 amide bonds. The number of ether oxygens (including phenoxy) is 2. The largest absolute Gasteiger partial charge is 0.463 e. The van der Waals surface area contributed by atoms with Crippen LogP contribution >= 0.6 is 0 Å². The second kappa shape index (κ2) is 21.7. The lowest BCUT2D eigenvalue weighted by atomic mass is 10.0. The number of carbonyl (C=O) groups excluding carboxylic acids is 2. The van der Waals surface area contributed by atoms with Gasteiger partial charge in [-0.05, 0) is 19.3 Å². The quantitative estimate of drug-likeness (QED) is 0.162. The summed E-state index contributed by atoms with van der Waals surface area (Å²) in [6.45, 7) is 2.97. The lowest BCUT2D eigenvalue weighted by molar-refractivity contribution is -0.152. The summed E-state index contributed by atoms with van der Waals surface area (Å²) < 4.78 is 9.49. The normalized spacial score (nSPS) is 14.0. The molecule has 190 valence electrons. The third kappa shape index (κ3) is 22.0. The predicted molar refractivity (Wildman–Crippen MR) is 125 cm³/mol. The van der Waals surface area contributed by atoms with Crippen molar-refractivity contribution in [3.05, 3.63) is 0 Å². The van der Waals surface area contributed by atoms with Gasteiger partial charge in [-0.1, -0.05) is 84.0 Å². The first-order valence-electron chi connectivity index (χ1n) is 12.7. The highest BCUT2D eigenvalue weighted by molar-refractivity contribution is 5.70. The van der Waals surface area contributed by atoms with Gasteiger partial charge >= 0.3 is 11.9 Å². The second-order valence-electron chi connectivity index (χ2n) is 8.91. The Hall–Kier alpha value is -1.18. The Balaban J connectivity index is 3.53. The number of rotatable bonds is 22. The molecule has 3 atom stereocenters. The van der Waals surface area contributed by atoms with Gasteiger partial charge < -0.3 is 24.8 Å². The third-order valence-corrected chi connectivity index (χ3v) is 5.53. The highest BCUT2D eigenvalue weighted by Gasteiger charge is 2.15. The molecule has 0 aromatic carbocycles. The monoisotopic (exact) mass is 460 g/mol. The SMILES string of the molecule is CCCCCCCCCCCC[C@@H](O)CCCC[C@@H](O)CC(=O)OCC(O)COC(C)=O. The van der Waals surface area contributed by atoms with E-state index in [0.717, 1.165) is 32.1 Å². The fourth-order valence-corrected chi connectivity index (χ4v) is 3.58. The van der Waals surface area contributed by atoms with Crippen LogP contribution in [0.2, 0.25) is 0 Å². The van der Waals surface area contributed by atoms with Crippen LogP contribution in [0.3, 0.4) is 0 Å². The summed E-state index contributed by atoms with van der Waals surface area (Å²) in [6.07, 6.45) is 14.1. The maximum Gasteiger partial charge on any atom is 0.308 e. The number of carbonyl (C=O) groups is 2. The Bertz CT molecular complexity index is 456. The van der Waals surface area contributed by atoms with Gasteiger partial charge in [0.15, 0.2) is 0 Å². The van der Waals surface area contributed by atoms with Crippen molar-refractivity contribution in [3.8, 4) is 0 Å². The molecule has 0 bridgehead atoms. The molecule has 0 saturated heterocycles. The minimum atomic E-state index is -1.07. The molecule has 0 radical (unpaired) electrons. The summed E-state index contributed by atoms with van der Waals surface area (Å²) in [5.74, 6) is -1.11. The molecule has 0 aliphatic carbocycles. The molecule has 0 aromatic heterocycles. The van der Waals surface area contributed by atoms with Crippen molar-refractivity contribution in [1.29, 1.82) is 0 Å². The van der Waals surface area contributed by atoms with Crippen LogP contribution in [-0.4, -0.2) is 58.8 Å². The molecule has 0 rings (SSSR count). The lowest BCUT2D eigenvalue weighted by Gasteiger charge is -2.14. The summed E-state index contributed by atoms with van der Waals surface area (Å²) in [4.78, 5) is 22.3. The van der Waals surface area contributed by atoms with E-state index in [4.69, 9.17) is 4.74 Å². The Morgan fingerprint density at radius 3 is 1.59 bits per heavy atom. The van der Waals surface area contributed by atoms with E-state index in [0.29, 0.717) is 6.42 Å². The molecule has 0 aliphatic heterocycles. The molecular formula is C25H48O7. The first-order chi connectivity index (χ1) is 15.3. The first-order valence-corrected chi connectivity index (χ1v) is 12.7. The van der Waals surface area contributed by atoms with E-state index in [-0.39, 0.29) is 25.7 Å². The van der Waals surface area contributed by atoms with E-state index >= 15 is 0 Å². The van der Waals surface area contributed by atoms with Gasteiger partial charge in [-0.3, -0.25) is 9.59 Å². The summed E-state index contributed by atoms with van der Waals surface area (Å²) in [5.41, 5.74) is 0. The zero-order chi connectivity index (χ0) is 24.0. The highest BCUT2D eigenvalue weighted by Crippen LogP contribution is 2.15. The first kappa shape index (κ1) is 30.8. The minimum Gasteiger partial charge on any atom is -0.463 e. The summed E-state index contributed by atoms with van der Waals surface area (Å²) >= 11 is 0. The minimum absolute atomic E-state index is 0.137. The Morgan fingerprint density at radius 2 is 1.06 bits per heavy atom. The summed E-state index contributed by atoms with van der Waals surface area (Å²) in [6, 6.07) is 0. The van der Waals surface area contributed by atoms with Crippen LogP contribution in [0.4, 0.5) is 0 Å². The molecule has 0 spiro atoms. The van der Waals surface area contributed by atoms with Crippen molar-refractivity contribution in [3.63, 3.8) is 0 Å². The van der Waals surface area contributed by atoms with Crippen LogP contribution in [0.15, 0.2) is 0 Å². The van der Waals surface area contributed by atoms with Crippen LogP contribution in [0.5, 0.6) is 0 Å². The topological polar surface area (TPSA) is 113 Å². The number of unbranched alkanes of at least 4 members (excludes halogenated alkanes) is 10. The fourth-order valence-electron chi connectivity index (χ4n) is 3.58. The molecule has 1 unspecified atom stereocenters. The van der Waals surface area contributed by atoms with Gasteiger partial charge in [0.2, 0.25) is 0 Å². The molecule has 3 N–H and O–H groups in total. The van der Waals surface area contributed by atoms with E-state index < -0.39 is 24.1 Å². The fraction of sp³-hybridized carbons (Fsp3) is 0.920.